The van der Waals surface area contributed by atoms with Crippen LogP contribution >= 0.6 is 15.9 Å². The molecule has 1 heterocycles. The van der Waals surface area contributed by atoms with Crippen molar-refractivity contribution in [2.45, 2.75) is 51.0 Å². The van der Waals surface area contributed by atoms with Gasteiger partial charge < -0.3 is 15.2 Å². The van der Waals surface area contributed by atoms with Gasteiger partial charge in [-0.15, -0.1) is 0 Å². The number of carboxylic acids is 1. The summed E-state index contributed by atoms with van der Waals surface area (Å²) in [6.45, 7) is 0.284. The van der Waals surface area contributed by atoms with Gasteiger partial charge >= 0.3 is 5.97 Å². The molecule has 3 aliphatic rings. The first-order valence-electron chi connectivity index (χ1n) is 11.5. The van der Waals surface area contributed by atoms with Gasteiger partial charge in [-0.25, -0.2) is 4.79 Å². The van der Waals surface area contributed by atoms with Gasteiger partial charge in [-0.05, 0) is 77.0 Å². The number of aromatic carboxylic acids is 1. The van der Waals surface area contributed by atoms with Crippen LogP contribution in [0.3, 0.4) is 0 Å². The third-order valence-electron chi connectivity index (χ3n) is 6.68. The van der Waals surface area contributed by atoms with Crippen molar-refractivity contribution in [3.63, 3.8) is 0 Å². The molecule has 2 N–H and O–H groups in total. The van der Waals surface area contributed by atoms with Gasteiger partial charge in [0.25, 0.3) is 0 Å². The minimum Gasteiger partial charge on any atom is -0.488 e. The fraction of sp³-hybridized carbons (Fsp3) is 0.296. The van der Waals surface area contributed by atoms with Crippen molar-refractivity contribution in [3.05, 3.63) is 86.2 Å². The topological polar surface area (TPSA) is 92.7 Å². The summed E-state index contributed by atoms with van der Waals surface area (Å²) in [6, 6.07) is 12.3. The van der Waals surface area contributed by atoms with E-state index in [0.29, 0.717) is 18.6 Å². The van der Waals surface area contributed by atoms with Gasteiger partial charge in [0.1, 0.15) is 12.4 Å². The van der Waals surface area contributed by atoms with E-state index < -0.39 is 5.97 Å². The molecular weight excluding hydrogens is 498 g/mol. The Labute approximate surface area is 205 Å². The zero-order chi connectivity index (χ0) is 23.8. The Balaban J connectivity index is 1.43. The maximum atomic E-state index is 13.0. The summed E-state index contributed by atoms with van der Waals surface area (Å²) in [6.07, 6.45) is 4.33. The number of Topliss-reactive ketones (excluding diaryl/α,β-unsaturated/α-hetero) is 2. The van der Waals surface area contributed by atoms with Crippen LogP contribution in [0.1, 0.15) is 65.9 Å². The van der Waals surface area contributed by atoms with E-state index in [1.54, 1.807) is 24.3 Å². The first-order chi connectivity index (χ1) is 16.4. The highest BCUT2D eigenvalue weighted by Crippen LogP contribution is 2.46. The number of benzene rings is 2. The van der Waals surface area contributed by atoms with E-state index in [1.807, 2.05) is 18.2 Å². The van der Waals surface area contributed by atoms with Crippen LogP contribution in [-0.2, 0) is 16.2 Å². The predicted octanol–water partition coefficient (Wildman–Crippen LogP) is 5.43. The molecule has 0 fully saturated rings. The van der Waals surface area contributed by atoms with Gasteiger partial charge in [0.05, 0.1) is 10.0 Å². The van der Waals surface area contributed by atoms with Crippen molar-refractivity contribution in [2.24, 2.45) is 0 Å². The van der Waals surface area contributed by atoms with Crippen molar-refractivity contribution in [1.29, 1.82) is 0 Å². The summed E-state index contributed by atoms with van der Waals surface area (Å²) >= 11 is 3.60. The van der Waals surface area contributed by atoms with E-state index in [4.69, 9.17) is 9.84 Å². The summed E-state index contributed by atoms with van der Waals surface area (Å²) in [7, 11) is 0. The third-order valence-corrected chi connectivity index (χ3v) is 7.30. The molecule has 34 heavy (non-hydrogen) atoms. The monoisotopic (exact) mass is 521 g/mol. The molecule has 2 aliphatic carbocycles. The summed E-state index contributed by atoms with van der Waals surface area (Å²) in [5.74, 6) is -0.447. The molecule has 0 radical (unpaired) electrons. The summed E-state index contributed by atoms with van der Waals surface area (Å²) in [5, 5.41) is 12.5. The zero-order valence-corrected chi connectivity index (χ0v) is 20.1. The number of ether oxygens (including phenoxy) is 1. The number of rotatable bonds is 5. The number of dihydropyridines is 1. The molecule has 0 aromatic heterocycles. The van der Waals surface area contributed by atoms with Crippen molar-refractivity contribution in [2.75, 3.05) is 0 Å². The molecule has 2 aromatic carbocycles. The molecule has 174 valence electrons. The Hall–Kier alpha value is -3.19. The Morgan fingerprint density at radius 2 is 1.56 bits per heavy atom. The minimum atomic E-state index is -0.965. The highest BCUT2D eigenvalue weighted by Gasteiger charge is 2.40. The lowest BCUT2D eigenvalue weighted by atomic mass is 9.71. The highest BCUT2D eigenvalue weighted by molar-refractivity contribution is 9.10. The number of allylic oxidation sites excluding steroid dienone is 4. The smallest absolute Gasteiger partial charge is 0.335 e. The van der Waals surface area contributed by atoms with Crippen molar-refractivity contribution < 1.29 is 24.2 Å². The van der Waals surface area contributed by atoms with Crippen molar-refractivity contribution in [3.8, 4) is 5.75 Å². The Bertz CT molecular complexity index is 1220. The largest absolute Gasteiger partial charge is 0.488 e. The van der Waals surface area contributed by atoms with Crippen LogP contribution in [0, 0.1) is 0 Å². The number of carbonyl (C=O) groups excluding carboxylic acids is 2. The molecule has 0 saturated heterocycles. The lowest BCUT2D eigenvalue weighted by molar-refractivity contribution is -0.117. The lowest BCUT2D eigenvalue weighted by Crippen LogP contribution is -2.36. The standard InChI is InChI=1S/C27H24BrNO5/c28-18-13-17(11-12-23(18)34-14-15-7-9-16(10-8-15)27(32)33)24-25-19(3-1-5-21(25)30)29-20-4-2-6-22(31)26(20)24/h7-13,24,29H,1-6,14H2,(H,32,33). The van der Waals surface area contributed by atoms with E-state index in [2.05, 4.69) is 21.2 Å². The zero-order valence-electron chi connectivity index (χ0n) is 18.5. The van der Waals surface area contributed by atoms with E-state index in [1.165, 1.54) is 0 Å². The van der Waals surface area contributed by atoms with Crippen molar-refractivity contribution in [1.82, 2.24) is 5.32 Å². The normalized spacial score (nSPS) is 18.4. The molecule has 2 aromatic rings. The molecule has 0 saturated carbocycles. The van der Waals surface area contributed by atoms with Crippen LogP contribution < -0.4 is 10.1 Å². The number of ketones is 2. The van der Waals surface area contributed by atoms with Gasteiger partial charge in [0, 0.05) is 41.3 Å². The number of nitrogens with one attached hydrogen (secondary N) is 1. The molecule has 5 rings (SSSR count). The summed E-state index contributed by atoms with van der Waals surface area (Å²) in [4.78, 5) is 37.0. The average Bonchev–Trinajstić information content (AvgIpc) is 2.82. The van der Waals surface area contributed by atoms with Gasteiger partial charge in [0.2, 0.25) is 0 Å². The molecular formula is C27H24BrNO5. The van der Waals surface area contributed by atoms with E-state index in [-0.39, 0.29) is 29.7 Å². The molecule has 7 heteroatoms. The number of hydrogen-bond acceptors (Lipinski definition) is 5. The first kappa shape index (κ1) is 22.6. The molecule has 0 bridgehead atoms. The average molecular weight is 522 g/mol. The van der Waals surface area contributed by atoms with Gasteiger partial charge in [0.15, 0.2) is 11.6 Å². The fourth-order valence-electron chi connectivity index (χ4n) is 5.03. The van der Waals surface area contributed by atoms with Crippen LogP contribution in [0.15, 0.2) is 69.5 Å². The molecule has 0 amide bonds. The van der Waals surface area contributed by atoms with Gasteiger partial charge in [-0.3, -0.25) is 9.59 Å². The SMILES string of the molecule is O=C1CCCC2=C1C(c1ccc(OCc3ccc(C(=O)O)cc3)c(Br)c1)C1=C(CCCC1=O)N2. The van der Waals surface area contributed by atoms with Crippen LogP contribution in [-0.4, -0.2) is 22.6 Å². The number of hydrogen-bond donors (Lipinski definition) is 2. The van der Waals surface area contributed by atoms with Crippen LogP contribution in [0.4, 0.5) is 0 Å². The third kappa shape index (κ3) is 4.20. The van der Waals surface area contributed by atoms with E-state index >= 15 is 0 Å². The number of carbonyl (C=O) groups is 3. The fourth-order valence-corrected chi connectivity index (χ4v) is 5.55. The summed E-state index contributed by atoms with van der Waals surface area (Å²) in [5.41, 5.74) is 5.39. The maximum Gasteiger partial charge on any atom is 0.335 e. The van der Waals surface area contributed by atoms with Gasteiger partial charge in [-0.1, -0.05) is 18.2 Å². The highest BCUT2D eigenvalue weighted by atomic mass is 79.9. The number of carboxylic acid groups (broad SMARTS) is 1. The van der Waals surface area contributed by atoms with Crippen LogP contribution in [0.25, 0.3) is 0 Å². The lowest BCUT2D eigenvalue weighted by Gasteiger charge is -2.37. The Morgan fingerprint density at radius 1 is 0.941 bits per heavy atom. The summed E-state index contributed by atoms with van der Waals surface area (Å²) < 4.78 is 6.69. The Morgan fingerprint density at radius 3 is 2.12 bits per heavy atom. The quantitative estimate of drug-likeness (QED) is 0.545. The number of halogens is 1. The van der Waals surface area contributed by atoms with Crippen molar-refractivity contribution >= 4 is 33.5 Å². The second-order valence-electron chi connectivity index (χ2n) is 8.88. The van der Waals surface area contributed by atoms with Gasteiger partial charge in [-0.2, -0.15) is 0 Å². The molecule has 0 atom stereocenters. The predicted molar refractivity (Wildman–Crippen MR) is 130 cm³/mol. The van der Waals surface area contributed by atoms with Crippen LogP contribution in [0.2, 0.25) is 0 Å². The van der Waals surface area contributed by atoms with E-state index in [9.17, 15) is 14.4 Å². The second-order valence-corrected chi connectivity index (χ2v) is 9.73. The first-order valence-corrected chi connectivity index (χ1v) is 12.3. The Kier molecular flexibility index (Phi) is 6.13. The minimum absolute atomic E-state index is 0.116. The van der Waals surface area contributed by atoms with E-state index in [0.717, 1.165) is 63.8 Å². The molecule has 1 aliphatic heterocycles. The molecule has 6 nitrogen and oxygen atoms in total. The molecule has 0 spiro atoms. The molecule has 0 unspecified atom stereocenters. The van der Waals surface area contributed by atoms with Crippen LogP contribution in [0.5, 0.6) is 5.75 Å². The maximum absolute atomic E-state index is 13.0. The second kappa shape index (κ2) is 9.22.